The van der Waals surface area contributed by atoms with Crippen LogP contribution in [-0.2, 0) is 19.4 Å². The lowest BCUT2D eigenvalue weighted by Gasteiger charge is -2.36. The topological polar surface area (TPSA) is 69.5 Å². The molecule has 264 valence electrons. The molecule has 3 aromatic carbocycles. The number of hydrogen-bond acceptors (Lipinski definition) is 6. The van der Waals surface area contributed by atoms with Gasteiger partial charge >= 0.3 is 0 Å². The molecule has 1 fully saturated rings. The van der Waals surface area contributed by atoms with Crippen LogP contribution < -0.4 is 10.2 Å². The van der Waals surface area contributed by atoms with Crippen LogP contribution in [0.1, 0.15) is 55.5 Å². The Morgan fingerprint density at radius 1 is 0.940 bits per heavy atom. The Kier molecular flexibility index (Phi) is 13.1. The van der Waals surface area contributed by atoms with Crippen molar-refractivity contribution in [2.75, 3.05) is 42.9 Å². The largest absolute Gasteiger partial charge is 0.390 e. The minimum absolute atomic E-state index is 0.434. The molecule has 1 aliphatic heterocycles. The number of anilines is 3. The Balaban J connectivity index is 0.000000552. The third-order valence-electron chi connectivity index (χ3n) is 9.67. The first-order chi connectivity index (χ1) is 24.3. The third kappa shape index (κ3) is 8.94. The van der Waals surface area contributed by atoms with Gasteiger partial charge in [0.15, 0.2) is 0 Å². The molecule has 7 nitrogen and oxygen atoms in total. The number of aromatic nitrogens is 3. The summed E-state index contributed by atoms with van der Waals surface area (Å²) in [6, 6.07) is 23.6. The van der Waals surface area contributed by atoms with Gasteiger partial charge in [-0.1, -0.05) is 60.5 Å². The van der Waals surface area contributed by atoms with Crippen molar-refractivity contribution in [2.24, 2.45) is 0 Å². The van der Waals surface area contributed by atoms with E-state index in [4.69, 9.17) is 21.6 Å². The van der Waals surface area contributed by atoms with E-state index in [9.17, 15) is 5.11 Å². The monoisotopic (exact) mass is 692 g/mol. The molecule has 3 heterocycles. The molecule has 50 heavy (non-hydrogen) atoms. The van der Waals surface area contributed by atoms with Crippen molar-refractivity contribution in [1.29, 1.82) is 0 Å². The van der Waals surface area contributed by atoms with Crippen LogP contribution in [0.3, 0.4) is 0 Å². The molecule has 0 bridgehead atoms. The third-order valence-corrected chi connectivity index (χ3v) is 10.2. The number of β-amino-alcohol motifs (C(OH)–C–C–N with tert-alkyl or cyclic N) is 1. The molecule has 0 saturated carbocycles. The Morgan fingerprint density at radius 3 is 2.44 bits per heavy atom. The quantitative estimate of drug-likeness (QED) is 0.158. The van der Waals surface area contributed by atoms with Crippen molar-refractivity contribution < 1.29 is 5.11 Å². The standard InChI is InChI=1S/C35H40N6O.C5H9Cl.C2H4/c1-24-14-15-33-27(20-24)21-25(2)41(33)23-28(42)22-39-16-18-40(19-17-39)35-37-32-12-6-5-11-30(32)34(38-35)36-31-13-7-9-26-8-3-4-10-29(26)31;1-3-5(6)4-2;1-2/h5-7,9,11-15,20-21,28,42H,3-4,8,10,16-19,22-23H2,1-2H3,(H,36,37,38);3H,4H2,1-2H3;1-2H2/b;5-3+;. The lowest BCUT2D eigenvalue weighted by Crippen LogP contribution is -2.49. The Morgan fingerprint density at radius 2 is 1.70 bits per heavy atom. The SMILES string of the molecule is C/C=C(/Cl)CC.C=C.Cc1ccc2c(c1)cc(C)n2CC(O)CN1CCN(c2nc(Nc3cccc4c3CCCC4)c3ccccc3n2)CC1. The van der Waals surface area contributed by atoms with Crippen molar-refractivity contribution in [1.82, 2.24) is 19.4 Å². The van der Waals surface area contributed by atoms with E-state index in [1.54, 1.807) is 0 Å². The van der Waals surface area contributed by atoms with Crippen LogP contribution >= 0.6 is 11.6 Å². The maximum absolute atomic E-state index is 11.1. The van der Waals surface area contributed by atoms with Crippen molar-refractivity contribution in [3.63, 3.8) is 0 Å². The Labute approximate surface area is 303 Å². The van der Waals surface area contributed by atoms with Gasteiger partial charge in [0.25, 0.3) is 0 Å². The van der Waals surface area contributed by atoms with Gasteiger partial charge in [-0.3, -0.25) is 4.90 Å². The average Bonchev–Trinajstić information content (AvgIpc) is 3.45. The number of para-hydroxylation sites is 1. The second kappa shape index (κ2) is 17.7. The second-order valence-electron chi connectivity index (χ2n) is 13.2. The van der Waals surface area contributed by atoms with E-state index in [0.717, 1.165) is 73.1 Å². The number of rotatable bonds is 8. The van der Waals surface area contributed by atoms with Gasteiger partial charge in [0, 0.05) is 65.4 Å². The zero-order valence-electron chi connectivity index (χ0n) is 30.3. The molecule has 5 aromatic rings. The number of allylic oxidation sites excluding steroid dienone is 2. The number of hydrogen-bond donors (Lipinski definition) is 2. The fraction of sp³-hybridized carbons (Fsp3) is 0.381. The summed E-state index contributed by atoms with van der Waals surface area (Å²) in [5, 5.41) is 18.0. The van der Waals surface area contributed by atoms with Crippen LogP contribution in [-0.4, -0.2) is 63.4 Å². The molecule has 2 aliphatic rings. The lowest BCUT2D eigenvalue weighted by atomic mass is 9.90. The number of aliphatic hydroxyl groups excluding tert-OH is 1. The molecule has 0 amide bonds. The molecular formula is C42H53ClN6O. The summed E-state index contributed by atoms with van der Waals surface area (Å²) in [6.45, 7) is 18.9. The highest BCUT2D eigenvalue weighted by Crippen LogP contribution is 2.32. The van der Waals surface area contributed by atoms with E-state index >= 15 is 0 Å². The molecule has 7 rings (SSSR count). The van der Waals surface area contributed by atoms with E-state index < -0.39 is 6.10 Å². The van der Waals surface area contributed by atoms with Gasteiger partial charge in [0.1, 0.15) is 5.82 Å². The van der Waals surface area contributed by atoms with E-state index in [0.29, 0.717) is 13.1 Å². The van der Waals surface area contributed by atoms with Crippen LogP contribution in [0, 0.1) is 13.8 Å². The van der Waals surface area contributed by atoms with Gasteiger partial charge in [-0.05, 0) is 100 Å². The van der Waals surface area contributed by atoms with Crippen molar-refractivity contribution >= 4 is 50.9 Å². The first-order valence-electron chi connectivity index (χ1n) is 18.0. The zero-order valence-corrected chi connectivity index (χ0v) is 31.0. The molecule has 2 N–H and O–H groups in total. The molecule has 1 saturated heterocycles. The predicted octanol–water partition coefficient (Wildman–Crippen LogP) is 9.35. The molecule has 1 atom stereocenters. The average molecular weight is 693 g/mol. The smallest absolute Gasteiger partial charge is 0.227 e. The molecular weight excluding hydrogens is 640 g/mol. The first-order valence-corrected chi connectivity index (χ1v) is 18.4. The van der Waals surface area contributed by atoms with Crippen LogP contribution in [0.5, 0.6) is 0 Å². The number of fused-ring (bicyclic) bond motifs is 3. The summed E-state index contributed by atoms with van der Waals surface area (Å²) in [5.41, 5.74) is 8.65. The summed E-state index contributed by atoms with van der Waals surface area (Å²) in [6.07, 6.45) is 7.20. The minimum atomic E-state index is -0.434. The van der Waals surface area contributed by atoms with Crippen molar-refractivity contribution in [2.45, 2.75) is 72.4 Å². The van der Waals surface area contributed by atoms with E-state index in [-0.39, 0.29) is 0 Å². The maximum Gasteiger partial charge on any atom is 0.227 e. The fourth-order valence-corrected chi connectivity index (χ4v) is 7.00. The van der Waals surface area contributed by atoms with Gasteiger partial charge in [0.2, 0.25) is 5.95 Å². The van der Waals surface area contributed by atoms with E-state index in [1.807, 2.05) is 26.0 Å². The molecule has 8 heteroatoms. The van der Waals surface area contributed by atoms with Crippen LogP contribution in [0.15, 0.2) is 91.0 Å². The van der Waals surface area contributed by atoms with Crippen LogP contribution in [0.4, 0.5) is 17.5 Å². The normalized spacial score (nSPS) is 15.5. The molecule has 1 unspecified atom stereocenters. The minimum Gasteiger partial charge on any atom is -0.390 e. The first kappa shape index (κ1) is 37.1. The Bertz CT molecular complexity index is 1910. The van der Waals surface area contributed by atoms with Crippen LogP contribution in [0.25, 0.3) is 21.8 Å². The van der Waals surface area contributed by atoms with Gasteiger partial charge in [0.05, 0.1) is 18.2 Å². The highest BCUT2D eigenvalue weighted by Gasteiger charge is 2.23. The number of halogens is 1. The number of benzene rings is 3. The molecule has 0 radical (unpaired) electrons. The number of aliphatic hydroxyl groups is 1. The van der Waals surface area contributed by atoms with Crippen molar-refractivity contribution in [3.8, 4) is 0 Å². The number of nitrogens with one attached hydrogen (secondary N) is 1. The zero-order chi connectivity index (χ0) is 35.6. The highest BCUT2D eigenvalue weighted by atomic mass is 35.5. The summed E-state index contributed by atoms with van der Waals surface area (Å²) in [4.78, 5) is 14.7. The summed E-state index contributed by atoms with van der Waals surface area (Å²) < 4.78 is 2.25. The molecule has 1 aliphatic carbocycles. The van der Waals surface area contributed by atoms with Gasteiger partial charge in [-0.25, -0.2) is 4.98 Å². The number of nitrogens with zero attached hydrogens (tertiary/aromatic N) is 5. The maximum atomic E-state index is 11.1. The van der Waals surface area contributed by atoms with E-state index in [1.165, 1.54) is 51.8 Å². The lowest BCUT2D eigenvalue weighted by molar-refractivity contribution is 0.0954. The second-order valence-corrected chi connectivity index (χ2v) is 13.6. The Hall–Kier alpha value is -4.17. The fourth-order valence-electron chi connectivity index (χ4n) is 7.00. The number of aryl methyl sites for hydroxylation is 3. The summed E-state index contributed by atoms with van der Waals surface area (Å²) in [5.74, 6) is 1.64. The molecule has 2 aromatic heterocycles. The van der Waals surface area contributed by atoms with Gasteiger partial charge in [-0.2, -0.15) is 4.98 Å². The van der Waals surface area contributed by atoms with Crippen LogP contribution in [0.2, 0.25) is 0 Å². The summed E-state index contributed by atoms with van der Waals surface area (Å²) >= 11 is 5.51. The number of piperazine rings is 1. The van der Waals surface area contributed by atoms with Gasteiger partial charge in [-0.15, -0.1) is 13.2 Å². The van der Waals surface area contributed by atoms with Gasteiger partial charge < -0.3 is 19.9 Å². The predicted molar refractivity (Wildman–Crippen MR) is 213 cm³/mol. The highest BCUT2D eigenvalue weighted by molar-refractivity contribution is 6.29. The summed E-state index contributed by atoms with van der Waals surface area (Å²) in [7, 11) is 0. The molecule has 0 spiro atoms. The van der Waals surface area contributed by atoms with E-state index in [2.05, 4.69) is 107 Å². The van der Waals surface area contributed by atoms with Crippen molar-refractivity contribution in [3.05, 3.63) is 113 Å².